The maximum Gasteiger partial charge on any atom is 0.0671 e. The van der Waals surface area contributed by atoms with Gasteiger partial charge in [0.2, 0.25) is 0 Å². The van der Waals surface area contributed by atoms with E-state index < -0.39 is 0 Å². The van der Waals surface area contributed by atoms with Crippen molar-refractivity contribution in [1.82, 2.24) is 0 Å². The first-order valence-electron chi connectivity index (χ1n) is 6.03. The van der Waals surface area contributed by atoms with Crippen LogP contribution in [0, 0.1) is 0 Å². The van der Waals surface area contributed by atoms with Gasteiger partial charge in [0.1, 0.15) is 0 Å². The average molecular weight is 231 g/mol. The van der Waals surface area contributed by atoms with Gasteiger partial charge in [-0.05, 0) is 37.1 Å². The number of aliphatic imine (C=N–C) groups is 1. The van der Waals surface area contributed by atoms with Gasteiger partial charge in [-0.3, -0.25) is 4.99 Å². The minimum atomic E-state index is 0.286. The standard InChI is InChI=1S/C14H17NS/c1-16-10-14-9-5-4-8-13(14)15-12-7-3-2-6-11(12)14/h2-3,6-7H,4-5,8-10H2,1H3. The molecule has 1 aromatic rings. The molecular formula is C14H17NS. The minimum Gasteiger partial charge on any atom is -0.257 e. The number of rotatable bonds is 2. The summed E-state index contributed by atoms with van der Waals surface area (Å²) in [6.07, 6.45) is 7.39. The first kappa shape index (κ1) is 10.4. The summed E-state index contributed by atoms with van der Waals surface area (Å²) in [6.45, 7) is 0. The van der Waals surface area contributed by atoms with Gasteiger partial charge in [0.25, 0.3) is 0 Å². The number of hydrogen-bond acceptors (Lipinski definition) is 2. The molecule has 1 atom stereocenters. The van der Waals surface area contributed by atoms with Crippen molar-refractivity contribution < 1.29 is 0 Å². The normalized spacial score (nSPS) is 27.2. The highest BCUT2D eigenvalue weighted by atomic mass is 32.2. The summed E-state index contributed by atoms with van der Waals surface area (Å²) in [5, 5.41) is 0. The molecule has 0 aromatic heterocycles. The van der Waals surface area contributed by atoms with E-state index in [4.69, 9.17) is 4.99 Å². The molecule has 1 saturated carbocycles. The molecule has 1 heterocycles. The zero-order valence-electron chi connectivity index (χ0n) is 9.70. The highest BCUT2D eigenvalue weighted by Crippen LogP contribution is 2.48. The van der Waals surface area contributed by atoms with Crippen LogP contribution in [-0.2, 0) is 5.41 Å². The van der Waals surface area contributed by atoms with Crippen LogP contribution in [0.25, 0.3) is 0 Å². The zero-order valence-corrected chi connectivity index (χ0v) is 10.5. The highest BCUT2D eigenvalue weighted by Gasteiger charge is 2.43. The fraction of sp³-hybridized carbons (Fsp3) is 0.500. The summed E-state index contributed by atoms with van der Waals surface area (Å²) >= 11 is 1.96. The van der Waals surface area contributed by atoms with Crippen LogP contribution in [-0.4, -0.2) is 17.7 Å². The van der Waals surface area contributed by atoms with Crippen molar-refractivity contribution in [3.8, 4) is 0 Å². The number of benzene rings is 1. The molecule has 0 bridgehead atoms. The molecule has 1 aromatic carbocycles. The molecule has 1 aliphatic heterocycles. The van der Waals surface area contributed by atoms with Crippen LogP contribution in [0.1, 0.15) is 31.2 Å². The Morgan fingerprint density at radius 1 is 1.31 bits per heavy atom. The molecule has 0 saturated heterocycles. The van der Waals surface area contributed by atoms with Gasteiger partial charge in [-0.1, -0.05) is 24.6 Å². The summed E-state index contributed by atoms with van der Waals surface area (Å²) in [6, 6.07) is 8.72. The number of nitrogens with zero attached hydrogens (tertiary/aromatic N) is 1. The van der Waals surface area contributed by atoms with Gasteiger partial charge in [-0.15, -0.1) is 0 Å². The molecule has 1 unspecified atom stereocenters. The molecule has 84 valence electrons. The van der Waals surface area contributed by atoms with Crippen LogP contribution in [0.4, 0.5) is 5.69 Å². The molecule has 1 fully saturated rings. The van der Waals surface area contributed by atoms with E-state index >= 15 is 0 Å². The van der Waals surface area contributed by atoms with Gasteiger partial charge in [0.05, 0.1) is 5.69 Å². The molecule has 0 N–H and O–H groups in total. The van der Waals surface area contributed by atoms with Gasteiger partial charge < -0.3 is 0 Å². The third-order valence-corrected chi connectivity index (χ3v) is 4.67. The number of para-hydroxylation sites is 1. The Hall–Kier alpha value is -0.760. The molecule has 1 nitrogen and oxygen atoms in total. The van der Waals surface area contributed by atoms with Gasteiger partial charge in [-0.25, -0.2) is 0 Å². The molecule has 1 aliphatic carbocycles. The van der Waals surface area contributed by atoms with Crippen molar-refractivity contribution in [1.29, 1.82) is 0 Å². The number of hydrogen-bond donors (Lipinski definition) is 0. The molecule has 0 spiro atoms. The Morgan fingerprint density at radius 2 is 2.19 bits per heavy atom. The second-order valence-corrected chi connectivity index (χ2v) is 5.66. The predicted molar refractivity (Wildman–Crippen MR) is 72.1 cm³/mol. The Balaban J connectivity index is 2.12. The fourth-order valence-corrected chi connectivity index (χ4v) is 4.12. The predicted octanol–water partition coefficient (Wildman–Crippen LogP) is 3.95. The van der Waals surface area contributed by atoms with Crippen molar-refractivity contribution in [2.24, 2.45) is 4.99 Å². The third-order valence-electron chi connectivity index (χ3n) is 3.89. The molecule has 0 amide bonds. The summed E-state index contributed by atoms with van der Waals surface area (Å²) in [4.78, 5) is 4.87. The maximum atomic E-state index is 4.87. The zero-order chi connectivity index (χ0) is 11.0. The van der Waals surface area contributed by atoms with Crippen molar-refractivity contribution in [2.75, 3.05) is 12.0 Å². The third kappa shape index (κ3) is 1.36. The first-order valence-corrected chi connectivity index (χ1v) is 7.43. The lowest BCUT2D eigenvalue weighted by Crippen LogP contribution is -2.38. The largest absolute Gasteiger partial charge is 0.257 e. The smallest absolute Gasteiger partial charge is 0.0671 e. The van der Waals surface area contributed by atoms with E-state index in [-0.39, 0.29) is 5.41 Å². The molecule has 0 radical (unpaired) electrons. The van der Waals surface area contributed by atoms with Crippen molar-refractivity contribution in [3.05, 3.63) is 29.8 Å². The van der Waals surface area contributed by atoms with E-state index in [1.54, 1.807) is 0 Å². The van der Waals surface area contributed by atoms with Gasteiger partial charge >= 0.3 is 0 Å². The van der Waals surface area contributed by atoms with Crippen LogP contribution in [0.2, 0.25) is 0 Å². The highest BCUT2D eigenvalue weighted by molar-refractivity contribution is 7.98. The summed E-state index contributed by atoms with van der Waals surface area (Å²) in [7, 11) is 0. The van der Waals surface area contributed by atoms with E-state index in [0.717, 1.165) is 0 Å². The number of fused-ring (bicyclic) bond motifs is 3. The molecular weight excluding hydrogens is 214 g/mol. The van der Waals surface area contributed by atoms with Crippen LogP contribution >= 0.6 is 11.8 Å². The lowest BCUT2D eigenvalue weighted by molar-refractivity contribution is 0.505. The summed E-state index contributed by atoms with van der Waals surface area (Å²) < 4.78 is 0. The van der Waals surface area contributed by atoms with Gasteiger partial charge in [-0.2, -0.15) is 11.8 Å². The SMILES string of the molecule is CSCC12CCCCC1=Nc1ccccc12. The molecule has 16 heavy (non-hydrogen) atoms. The van der Waals surface area contributed by atoms with Crippen LogP contribution in [0.5, 0.6) is 0 Å². The minimum absolute atomic E-state index is 0.286. The van der Waals surface area contributed by atoms with Crippen molar-refractivity contribution >= 4 is 23.2 Å². The Labute approximate surface area is 101 Å². The fourth-order valence-electron chi connectivity index (χ4n) is 3.16. The second kappa shape index (κ2) is 3.92. The van der Waals surface area contributed by atoms with Crippen LogP contribution < -0.4 is 0 Å². The lowest BCUT2D eigenvalue weighted by atomic mass is 9.70. The van der Waals surface area contributed by atoms with Crippen LogP contribution in [0.3, 0.4) is 0 Å². The van der Waals surface area contributed by atoms with E-state index in [2.05, 4.69) is 30.5 Å². The molecule has 2 aliphatic rings. The topological polar surface area (TPSA) is 12.4 Å². The van der Waals surface area contributed by atoms with E-state index in [1.807, 2.05) is 11.8 Å². The van der Waals surface area contributed by atoms with Crippen molar-refractivity contribution in [2.45, 2.75) is 31.1 Å². The summed E-state index contributed by atoms with van der Waals surface area (Å²) in [5.74, 6) is 1.20. The van der Waals surface area contributed by atoms with Gasteiger partial charge in [0.15, 0.2) is 0 Å². The van der Waals surface area contributed by atoms with Gasteiger partial charge in [0, 0.05) is 16.9 Å². The van der Waals surface area contributed by atoms with E-state index in [1.165, 1.54) is 48.4 Å². The molecule has 3 rings (SSSR count). The molecule has 2 heteroatoms. The first-order chi connectivity index (χ1) is 7.87. The maximum absolute atomic E-state index is 4.87. The summed E-state index contributed by atoms with van der Waals surface area (Å²) in [5.41, 5.74) is 4.45. The lowest BCUT2D eigenvalue weighted by Gasteiger charge is -2.35. The Bertz CT molecular complexity index is 434. The quantitative estimate of drug-likeness (QED) is 0.750. The Morgan fingerprint density at radius 3 is 3.06 bits per heavy atom. The van der Waals surface area contributed by atoms with E-state index in [9.17, 15) is 0 Å². The Kier molecular flexibility index (Phi) is 2.55. The number of thioether (sulfide) groups is 1. The monoisotopic (exact) mass is 231 g/mol. The average Bonchev–Trinajstić information content (AvgIpc) is 2.64. The van der Waals surface area contributed by atoms with E-state index in [0.29, 0.717) is 0 Å². The van der Waals surface area contributed by atoms with Crippen molar-refractivity contribution in [3.63, 3.8) is 0 Å². The van der Waals surface area contributed by atoms with Crippen LogP contribution in [0.15, 0.2) is 29.3 Å². The second-order valence-electron chi connectivity index (χ2n) is 4.80.